The second kappa shape index (κ2) is 11.2. The van der Waals surface area contributed by atoms with Gasteiger partial charge in [-0.15, -0.1) is 11.8 Å². The van der Waals surface area contributed by atoms with Crippen LogP contribution in [0.3, 0.4) is 0 Å². The van der Waals surface area contributed by atoms with Gasteiger partial charge in [0.25, 0.3) is 0 Å². The van der Waals surface area contributed by atoms with E-state index in [9.17, 15) is 14.4 Å². The normalized spacial score (nSPS) is 18.4. The van der Waals surface area contributed by atoms with Crippen molar-refractivity contribution in [1.29, 1.82) is 5.26 Å². The number of ketones is 1. The molecule has 0 saturated carbocycles. The van der Waals surface area contributed by atoms with Gasteiger partial charge in [-0.25, -0.2) is 4.39 Å². The summed E-state index contributed by atoms with van der Waals surface area (Å²) in [5.74, 6) is 0.0815. The van der Waals surface area contributed by atoms with Gasteiger partial charge in [0.15, 0.2) is 5.78 Å². The monoisotopic (exact) mass is 605 g/mol. The van der Waals surface area contributed by atoms with Crippen molar-refractivity contribution in [3.8, 4) is 6.07 Å². The molecule has 0 saturated heterocycles. The molecule has 5 rings (SSSR count). The summed E-state index contributed by atoms with van der Waals surface area (Å²) in [6.07, 6.45) is 0.969. The summed E-state index contributed by atoms with van der Waals surface area (Å²) < 4.78 is 13.4. The zero-order valence-electron chi connectivity index (χ0n) is 23.3. The molecule has 8 heteroatoms. The number of thioether (sulfide) groups is 1. The molecule has 1 aliphatic carbocycles. The Hall–Kier alpha value is -3.24. The highest BCUT2D eigenvalue weighted by atomic mass is 35.5. The summed E-state index contributed by atoms with van der Waals surface area (Å²) in [6, 6.07) is 18.2. The first kappa shape index (κ1) is 29.3. The highest BCUT2D eigenvalue weighted by Crippen LogP contribution is 2.51. The molecule has 1 heterocycles. The molecule has 1 aliphatic heterocycles. The fraction of sp³-hybridized carbons (Fsp3) is 0.273. The number of nitrogens with zero attached hydrogens (tertiary/aromatic N) is 2. The predicted molar refractivity (Wildman–Crippen MR) is 165 cm³/mol. The van der Waals surface area contributed by atoms with Crippen LogP contribution in [0, 0.1) is 36.4 Å². The summed E-state index contributed by atoms with van der Waals surface area (Å²) in [5.41, 5.74) is 12.9. The Morgan fingerprint density at radius 3 is 2.41 bits per heavy atom. The smallest absolute Gasteiger partial charge is 0.162 e. The van der Waals surface area contributed by atoms with Crippen LogP contribution in [0.1, 0.15) is 54.9 Å². The van der Waals surface area contributed by atoms with Crippen LogP contribution in [0.25, 0.3) is 0 Å². The minimum absolute atomic E-state index is 0.00812. The van der Waals surface area contributed by atoms with Crippen molar-refractivity contribution in [1.82, 2.24) is 0 Å². The van der Waals surface area contributed by atoms with Gasteiger partial charge >= 0.3 is 0 Å². The van der Waals surface area contributed by atoms with Gasteiger partial charge in [0.2, 0.25) is 0 Å². The molecule has 4 nitrogen and oxygen atoms in total. The molecule has 1 unspecified atom stereocenters. The molecule has 1 atom stereocenters. The number of aryl methyl sites for hydroxylation is 2. The number of benzene rings is 3. The maximum atomic E-state index is 14.0. The number of halogens is 3. The van der Waals surface area contributed by atoms with Crippen molar-refractivity contribution in [3.63, 3.8) is 0 Å². The van der Waals surface area contributed by atoms with Gasteiger partial charge in [-0.05, 0) is 90.4 Å². The highest BCUT2D eigenvalue weighted by molar-refractivity contribution is 7.98. The molecule has 210 valence electrons. The Kier molecular flexibility index (Phi) is 8.00. The van der Waals surface area contributed by atoms with Crippen molar-refractivity contribution in [2.75, 3.05) is 4.90 Å². The van der Waals surface area contributed by atoms with E-state index in [-0.39, 0.29) is 22.8 Å². The first-order valence-electron chi connectivity index (χ1n) is 13.3. The summed E-state index contributed by atoms with van der Waals surface area (Å²) in [7, 11) is 0. The number of nitrogens with two attached hydrogens (primary N) is 1. The molecule has 0 aromatic heterocycles. The van der Waals surface area contributed by atoms with Gasteiger partial charge in [0.1, 0.15) is 11.6 Å². The van der Waals surface area contributed by atoms with Gasteiger partial charge in [0, 0.05) is 34.0 Å². The standard InChI is InChI=1S/C33H30Cl2FN3OS/c1-18-11-19(2)24(12-20(18)17-41-23-8-5-21(36)6-9-23)30-25(16-37)32(38)39(22-7-10-26(34)27(35)13-22)28-14-33(3,4)15-29(40)31(28)30/h5-13,30H,14-15,17,38H2,1-4H3. The third kappa shape index (κ3) is 5.64. The largest absolute Gasteiger partial charge is 0.384 e. The number of carbonyl (C=O) groups excluding carboxylic acids is 1. The van der Waals surface area contributed by atoms with E-state index >= 15 is 0 Å². The first-order valence-corrected chi connectivity index (χ1v) is 15.0. The molecule has 0 bridgehead atoms. The molecule has 3 aromatic carbocycles. The third-order valence-electron chi connectivity index (χ3n) is 7.79. The lowest BCUT2D eigenvalue weighted by Gasteiger charge is -2.44. The molecule has 41 heavy (non-hydrogen) atoms. The van der Waals surface area contributed by atoms with Crippen LogP contribution in [0.4, 0.5) is 10.1 Å². The summed E-state index contributed by atoms with van der Waals surface area (Å²) in [5, 5.41) is 11.3. The number of hydrogen-bond donors (Lipinski definition) is 1. The van der Waals surface area contributed by atoms with Crippen LogP contribution in [0.5, 0.6) is 0 Å². The van der Waals surface area contributed by atoms with E-state index in [0.29, 0.717) is 45.5 Å². The number of hydrogen-bond acceptors (Lipinski definition) is 5. The number of Topliss-reactive ketones (excluding diaryl/α,β-unsaturated/α-hetero) is 1. The van der Waals surface area contributed by atoms with Crippen molar-refractivity contribution in [2.45, 2.75) is 57.1 Å². The van der Waals surface area contributed by atoms with Gasteiger partial charge < -0.3 is 5.73 Å². The van der Waals surface area contributed by atoms with Gasteiger partial charge in [-0.3, -0.25) is 9.69 Å². The lowest BCUT2D eigenvalue weighted by atomic mass is 9.68. The highest BCUT2D eigenvalue weighted by Gasteiger charge is 2.45. The number of allylic oxidation sites excluding steroid dienone is 3. The maximum Gasteiger partial charge on any atom is 0.162 e. The van der Waals surface area contributed by atoms with Crippen LogP contribution >= 0.6 is 35.0 Å². The van der Waals surface area contributed by atoms with E-state index in [2.05, 4.69) is 39.0 Å². The second-order valence-electron chi connectivity index (χ2n) is 11.5. The van der Waals surface area contributed by atoms with E-state index in [0.717, 1.165) is 32.8 Å². The summed E-state index contributed by atoms with van der Waals surface area (Å²) in [4.78, 5) is 16.7. The Morgan fingerprint density at radius 2 is 1.76 bits per heavy atom. The fourth-order valence-corrected chi connectivity index (χ4v) is 7.07. The number of anilines is 1. The van der Waals surface area contributed by atoms with Crippen molar-refractivity contribution < 1.29 is 9.18 Å². The Balaban J connectivity index is 1.66. The lowest BCUT2D eigenvalue weighted by molar-refractivity contribution is -0.118. The van der Waals surface area contributed by atoms with Crippen LogP contribution < -0.4 is 10.6 Å². The Bertz CT molecular complexity index is 1670. The van der Waals surface area contributed by atoms with E-state index in [1.807, 2.05) is 6.92 Å². The number of nitriles is 1. The maximum absolute atomic E-state index is 14.0. The molecule has 3 aromatic rings. The summed E-state index contributed by atoms with van der Waals surface area (Å²) in [6.45, 7) is 8.20. The third-order valence-corrected chi connectivity index (χ3v) is 9.59. The van der Waals surface area contributed by atoms with Crippen LogP contribution in [-0.4, -0.2) is 5.78 Å². The average molecular weight is 607 g/mol. The molecule has 2 N–H and O–H groups in total. The molecule has 2 aliphatic rings. The lowest BCUT2D eigenvalue weighted by Crippen LogP contribution is -2.42. The average Bonchev–Trinajstić information content (AvgIpc) is 2.90. The van der Waals surface area contributed by atoms with E-state index < -0.39 is 5.92 Å². The summed E-state index contributed by atoms with van der Waals surface area (Å²) >= 11 is 14.2. The Labute approximate surface area is 254 Å². The van der Waals surface area contributed by atoms with Crippen LogP contribution in [-0.2, 0) is 10.5 Å². The molecular formula is C33H30Cl2FN3OS. The molecule has 0 radical (unpaired) electrons. The zero-order chi connectivity index (χ0) is 29.6. The second-order valence-corrected chi connectivity index (χ2v) is 13.3. The van der Waals surface area contributed by atoms with Gasteiger partial charge in [-0.2, -0.15) is 5.26 Å². The molecule has 0 spiro atoms. The van der Waals surface area contributed by atoms with Crippen molar-refractivity contribution in [3.05, 3.63) is 115 Å². The SMILES string of the molecule is Cc1cc(C)c(C2C(C#N)=C(N)N(c3ccc(Cl)c(Cl)c3)C3=C2C(=O)CC(C)(C)C3)cc1CSc1ccc(F)cc1. The minimum Gasteiger partial charge on any atom is -0.384 e. The predicted octanol–water partition coefficient (Wildman–Crippen LogP) is 8.98. The number of rotatable bonds is 5. The topological polar surface area (TPSA) is 70.1 Å². The quantitative estimate of drug-likeness (QED) is 0.294. The van der Waals surface area contributed by atoms with Crippen molar-refractivity contribution in [2.24, 2.45) is 11.1 Å². The van der Waals surface area contributed by atoms with E-state index in [1.54, 1.807) is 47.0 Å². The fourth-order valence-electron chi connectivity index (χ4n) is 5.81. The zero-order valence-corrected chi connectivity index (χ0v) is 25.6. The minimum atomic E-state index is -0.590. The van der Waals surface area contributed by atoms with Gasteiger partial charge in [-0.1, -0.05) is 49.2 Å². The first-order chi connectivity index (χ1) is 19.4. The van der Waals surface area contributed by atoms with E-state index in [4.69, 9.17) is 28.9 Å². The van der Waals surface area contributed by atoms with Crippen molar-refractivity contribution >= 4 is 46.4 Å². The van der Waals surface area contributed by atoms with E-state index in [1.165, 1.54) is 12.1 Å². The molecule has 0 amide bonds. The van der Waals surface area contributed by atoms with Crippen LogP contribution in [0.15, 0.2) is 82.2 Å². The number of carbonyl (C=O) groups is 1. The van der Waals surface area contributed by atoms with Crippen LogP contribution in [0.2, 0.25) is 10.0 Å². The molecule has 0 fully saturated rings. The Morgan fingerprint density at radius 1 is 1.05 bits per heavy atom. The van der Waals surface area contributed by atoms with Gasteiger partial charge in [0.05, 0.1) is 27.6 Å². The molecular weight excluding hydrogens is 576 g/mol.